The average Bonchev–Trinajstić information content (AvgIpc) is 2.15. The number of hydrogen-bond donors (Lipinski definition) is 0. The highest BCUT2D eigenvalue weighted by Gasteiger charge is 2.14. The van der Waals surface area contributed by atoms with Crippen LogP contribution in [0, 0.1) is 10.1 Å². The van der Waals surface area contributed by atoms with Gasteiger partial charge in [0.15, 0.2) is 0 Å². The lowest BCUT2D eigenvalue weighted by molar-refractivity contribution is -0.385. The van der Waals surface area contributed by atoms with E-state index in [0.29, 0.717) is 11.1 Å². The number of rotatable bonds is 4. The van der Waals surface area contributed by atoms with Crippen molar-refractivity contribution in [1.82, 2.24) is 0 Å². The molecule has 0 aliphatic carbocycles. The molecule has 0 N–H and O–H groups in total. The fraction of sp³-hybridized carbons (Fsp3) is 0.400. The maximum atomic E-state index is 10.6. The summed E-state index contributed by atoms with van der Waals surface area (Å²) in [5.41, 5.74) is 0.859. The number of ether oxygens (including phenoxy) is 1. The third-order valence-electron chi connectivity index (χ3n) is 1.83. The Morgan fingerprint density at radius 2 is 2.20 bits per heavy atom. The highest BCUT2D eigenvalue weighted by molar-refractivity contribution is 9.10. The lowest BCUT2D eigenvalue weighted by Gasteiger charge is -2.08. The van der Waals surface area contributed by atoms with Gasteiger partial charge in [-0.15, -0.1) is 0 Å². The monoisotopic (exact) mass is 273 g/mol. The van der Waals surface area contributed by atoms with Crippen molar-refractivity contribution in [2.24, 2.45) is 0 Å². The first kappa shape index (κ1) is 12.1. The molecule has 0 heterocycles. The molecule has 5 heteroatoms. The first-order valence-corrected chi connectivity index (χ1v) is 5.35. The minimum absolute atomic E-state index is 0.0693. The number of hydrogen-bond acceptors (Lipinski definition) is 3. The Kier molecular flexibility index (Phi) is 4.23. The van der Waals surface area contributed by atoms with Crippen LogP contribution in [0.2, 0.25) is 0 Å². The van der Waals surface area contributed by atoms with Gasteiger partial charge in [-0.25, -0.2) is 0 Å². The van der Waals surface area contributed by atoms with Crippen molar-refractivity contribution >= 4 is 21.6 Å². The van der Waals surface area contributed by atoms with Gasteiger partial charge in [0.25, 0.3) is 5.69 Å². The van der Waals surface area contributed by atoms with Crippen molar-refractivity contribution < 1.29 is 9.66 Å². The van der Waals surface area contributed by atoms with E-state index >= 15 is 0 Å². The van der Waals surface area contributed by atoms with Crippen molar-refractivity contribution in [3.05, 3.63) is 38.3 Å². The number of nitrogens with zero attached hydrogens (tertiary/aromatic N) is 1. The van der Waals surface area contributed by atoms with Crippen LogP contribution in [-0.4, -0.2) is 11.0 Å². The summed E-state index contributed by atoms with van der Waals surface area (Å²) in [5.74, 6) is 0. The molecule has 0 unspecified atom stereocenters. The van der Waals surface area contributed by atoms with E-state index in [4.69, 9.17) is 4.74 Å². The zero-order valence-corrected chi connectivity index (χ0v) is 10.2. The fourth-order valence-corrected chi connectivity index (χ4v) is 1.60. The van der Waals surface area contributed by atoms with E-state index in [9.17, 15) is 10.1 Å². The number of benzene rings is 1. The molecule has 0 aliphatic heterocycles. The lowest BCUT2D eigenvalue weighted by atomic mass is 10.2. The van der Waals surface area contributed by atoms with Crippen LogP contribution in [0.15, 0.2) is 22.7 Å². The summed E-state index contributed by atoms with van der Waals surface area (Å²) in [5, 5.41) is 10.6. The van der Waals surface area contributed by atoms with Crippen molar-refractivity contribution in [1.29, 1.82) is 0 Å². The zero-order chi connectivity index (χ0) is 11.4. The van der Waals surface area contributed by atoms with Gasteiger partial charge in [-0.2, -0.15) is 0 Å². The van der Waals surface area contributed by atoms with E-state index in [1.807, 2.05) is 13.8 Å². The molecule has 0 aliphatic rings. The zero-order valence-electron chi connectivity index (χ0n) is 8.57. The van der Waals surface area contributed by atoms with Gasteiger partial charge in [0.1, 0.15) is 4.47 Å². The van der Waals surface area contributed by atoms with Crippen molar-refractivity contribution in [2.75, 3.05) is 0 Å². The molecule has 0 saturated heterocycles. The maximum Gasteiger partial charge on any atom is 0.283 e. The summed E-state index contributed by atoms with van der Waals surface area (Å²) in [7, 11) is 0. The molecule has 0 radical (unpaired) electrons. The molecule has 1 rings (SSSR count). The smallest absolute Gasteiger partial charge is 0.283 e. The van der Waals surface area contributed by atoms with Gasteiger partial charge in [0, 0.05) is 6.07 Å². The van der Waals surface area contributed by atoms with Crippen molar-refractivity contribution in [3.8, 4) is 0 Å². The summed E-state index contributed by atoms with van der Waals surface area (Å²) in [4.78, 5) is 10.2. The van der Waals surface area contributed by atoms with Crippen molar-refractivity contribution in [3.63, 3.8) is 0 Å². The largest absolute Gasteiger partial charge is 0.374 e. The molecule has 0 aromatic heterocycles. The van der Waals surface area contributed by atoms with Crippen LogP contribution < -0.4 is 0 Å². The molecule has 4 nitrogen and oxygen atoms in total. The van der Waals surface area contributed by atoms with Crippen LogP contribution in [0.5, 0.6) is 0 Å². The van der Waals surface area contributed by atoms with Crippen LogP contribution in [-0.2, 0) is 11.3 Å². The minimum atomic E-state index is -0.414. The topological polar surface area (TPSA) is 52.4 Å². The Labute approximate surface area is 96.5 Å². The first-order chi connectivity index (χ1) is 7.02. The van der Waals surface area contributed by atoms with Gasteiger partial charge in [-0.05, 0) is 35.3 Å². The van der Waals surface area contributed by atoms with E-state index < -0.39 is 4.92 Å². The summed E-state index contributed by atoms with van der Waals surface area (Å²) in [6.45, 7) is 4.22. The average molecular weight is 274 g/mol. The number of nitro benzene ring substituents is 1. The Bertz CT molecular complexity index is 366. The number of halogens is 1. The highest BCUT2D eigenvalue weighted by Crippen LogP contribution is 2.28. The molecule has 0 fully saturated rings. The third-order valence-corrected chi connectivity index (χ3v) is 2.74. The van der Waals surface area contributed by atoms with Gasteiger partial charge in [-0.1, -0.05) is 12.1 Å². The second-order valence-electron chi connectivity index (χ2n) is 3.37. The van der Waals surface area contributed by atoms with E-state index in [1.54, 1.807) is 12.1 Å². The molecule has 0 saturated carbocycles. The summed E-state index contributed by atoms with van der Waals surface area (Å²) < 4.78 is 5.89. The molecule has 1 aromatic carbocycles. The number of nitro groups is 1. The molecule has 0 atom stereocenters. The first-order valence-electron chi connectivity index (χ1n) is 4.55. The summed E-state index contributed by atoms with van der Waals surface area (Å²) >= 11 is 3.21. The Morgan fingerprint density at radius 1 is 1.53 bits per heavy atom. The highest BCUT2D eigenvalue weighted by atomic mass is 79.9. The quantitative estimate of drug-likeness (QED) is 0.625. The second kappa shape index (κ2) is 5.23. The predicted octanol–water partition coefficient (Wildman–Crippen LogP) is 3.28. The summed E-state index contributed by atoms with van der Waals surface area (Å²) in [6, 6.07) is 4.92. The molecule has 0 spiro atoms. The third kappa shape index (κ3) is 3.28. The Hall–Kier alpha value is -0.940. The SMILES string of the molecule is CC(C)OCc1cccc([N+](=O)[O-])c1Br. The molecule has 15 heavy (non-hydrogen) atoms. The van der Waals surface area contributed by atoms with Gasteiger partial charge in [-0.3, -0.25) is 10.1 Å². The molecule has 0 amide bonds. The van der Waals surface area contributed by atoms with Gasteiger partial charge in [0.05, 0.1) is 17.6 Å². The predicted molar refractivity (Wildman–Crippen MR) is 60.7 cm³/mol. The van der Waals surface area contributed by atoms with Crippen molar-refractivity contribution in [2.45, 2.75) is 26.6 Å². The fourth-order valence-electron chi connectivity index (χ4n) is 1.08. The molecule has 1 aromatic rings. The van der Waals surface area contributed by atoms with E-state index in [-0.39, 0.29) is 11.8 Å². The van der Waals surface area contributed by atoms with Crippen LogP contribution in [0.25, 0.3) is 0 Å². The Balaban J connectivity index is 2.89. The van der Waals surface area contributed by atoms with E-state index in [2.05, 4.69) is 15.9 Å². The van der Waals surface area contributed by atoms with Gasteiger partial charge < -0.3 is 4.74 Å². The van der Waals surface area contributed by atoms with Crippen LogP contribution in [0.3, 0.4) is 0 Å². The molecule has 82 valence electrons. The van der Waals surface area contributed by atoms with Gasteiger partial charge in [0.2, 0.25) is 0 Å². The van der Waals surface area contributed by atoms with Gasteiger partial charge >= 0.3 is 0 Å². The Morgan fingerprint density at radius 3 is 2.73 bits per heavy atom. The molecular weight excluding hydrogens is 262 g/mol. The molecule has 0 bridgehead atoms. The van der Waals surface area contributed by atoms with E-state index in [1.165, 1.54) is 6.07 Å². The minimum Gasteiger partial charge on any atom is -0.374 e. The molecular formula is C10H12BrNO3. The second-order valence-corrected chi connectivity index (χ2v) is 4.16. The summed E-state index contributed by atoms with van der Waals surface area (Å²) in [6.07, 6.45) is 0.108. The lowest BCUT2D eigenvalue weighted by Crippen LogP contribution is -2.03. The van der Waals surface area contributed by atoms with Crippen LogP contribution in [0.1, 0.15) is 19.4 Å². The maximum absolute atomic E-state index is 10.6. The van der Waals surface area contributed by atoms with Crippen LogP contribution in [0.4, 0.5) is 5.69 Å². The van der Waals surface area contributed by atoms with E-state index in [0.717, 1.165) is 5.56 Å². The standard InChI is InChI=1S/C10H12BrNO3/c1-7(2)15-6-8-4-3-5-9(10(8)11)12(13)14/h3-5,7H,6H2,1-2H3. The normalized spacial score (nSPS) is 10.7. The van der Waals surface area contributed by atoms with Crippen LogP contribution >= 0.6 is 15.9 Å².